The Hall–Kier alpha value is -4.15. The second kappa shape index (κ2) is 10.8. The zero-order valence-corrected chi connectivity index (χ0v) is 25.6. The van der Waals surface area contributed by atoms with Gasteiger partial charge in [0.1, 0.15) is 0 Å². The minimum atomic E-state index is -4.77. The van der Waals surface area contributed by atoms with Gasteiger partial charge in [-0.2, -0.15) is 13.2 Å². The van der Waals surface area contributed by atoms with Crippen molar-refractivity contribution in [2.24, 2.45) is 10.8 Å². The molecule has 0 spiro atoms. The number of ketones is 2. The SMILES string of the molecule is CCN1C2=C(C(=O)CC(C)(C)C2)C(c2ccc(Oc3ccc(C(F)(F)F)cc3[N+](=O)[O-])c(OC)c2)C2=C1CC(C)(C)CC2=O. The second-order valence-electron chi connectivity index (χ2n) is 13.2. The highest BCUT2D eigenvalue weighted by Crippen LogP contribution is 2.55. The number of rotatable bonds is 6. The van der Waals surface area contributed by atoms with E-state index >= 15 is 0 Å². The van der Waals surface area contributed by atoms with E-state index in [9.17, 15) is 32.9 Å². The summed E-state index contributed by atoms with van der Waals surface area (Å²) in [4.78, 5) is 40.5. The fourth-order valence-corrected chi connectivity index (χ4v) is 6.75. The monoisotopic (exact) mass is 612 g/mol. The minimum absolute atomic E-state index is 0.0245. The van der Waals surface area contributed by atoms with Crippen molar-refractivity contribution in [2.45, 2.75) is 72.4 Å². The lowest BCUT2D eigenvalue weighted by molar-refractivity contribution is -0.385. The van der Waals surface area contributed by atoms with Crippen LogP contribution < -0.4 is 9.47 Å². The lowest BCUT2D eigenvalue weighted by Gasteiger charge is -2.48. The van der Waals surface area contributed by atoms with Gasteiger partial charge >= 0.3 is 11.9 Å². The van der Waals surface area contributed by atoms with Crippen LogP contribution in [0.15, 0.2) is 58.9 Å². The zero-order valence-electron chi connectivity index (χ0n) is 25.6. The van der Waals surface area contributed by atoms with Gasteiger partial charge in [-0.25, -0.2) is 0 Å². The Morgan fingerprint density at radius 1 is 0.886 bits per heavy atom. The molecular weight excluding hydrogens is 577 g/mol. The molecule has 2 aromatic rings. The Kier molecular flexibility index (Phi) is 7.66. The van der Waals surface area contributed by atoms with Crippen molar-refractivity contribution in [1.82, 2.24) is 4.90 Å². The van der Waals surface area contributed by atoms with Crippen molar-refractivity contribution in [3.8, 4) is 17.2 Å². The summed E-state index contributed by atoms with van der Waals surface area (Å²) in [7, 11) is 1.37. The molecule has 234 valence electrons. The number of allylic oxidation sites excluding steroid dienone is 4. The Balaban J connectivity index is 1.64. The van der Waals surface area contributed by atoms with Crippen molar-refractivity contribution >= 4 is 17.3 Å². The predicted molar refractivity (Wildman–Crippen MR) is 156 cm³/mol. The number of hydrogen-bond donors (Lipinski definition) is 0. The number of hydrogen-bond acceptors (Lipinski definition) is 7. The van der Waals surface area contributed by atoms with Crippen LogP contribution in [0.25, 0.3) is 0 Å². The first-order valence-electron chi connectivity index (χ1n) is 14.5. The third-order valence-corrected chi connectivity index (χ3v) is 8.56. The molecule has 44 heavy (non-hydrogen) atoms. The Morgan fingerprint density at radius 3 is 1.91 bits per heavy atom. The molecule has 0 fully saturated rings. The molecule has 0 radical (unpaired) electrons. The highest BCUT2D eigenvalue weighted by molar-refractivity contribution is 6.06. The van der Waals surface area contributed by atoms with Crippen molar-refractivity contribution in [2.75, 3.05) is 13.7 Å². The van der Waals surface area contributed by atoms with Gasteiger partial charge in [0.15, 0.2) is 23.1 Å². The zero-order chi connectivity index (χ0) is 32.4. The molecule has 0 amide bonds. The highest BCUT2D eigenvalue weighted by Gasteiger charge is 2.48. The molecule has 1 aliphatic heterocycles. The lowest BCUT2D eigenvalue weighted by atomic mass is 9.63. The molecule has 11 heteroatoms. The minimum Gasteiger partial charge on any atom is -0.493 e. The number of alkyl halides is 3. The third-order valence-electron chi connectivity index (χ3n) is 8.56. The lowest BCUT2D eigenvalue weighted by Crippen LogP contribution is -2.44. The molecule has 1 heterocycles. The summed E-state index contributed by atoms with van der Waals surface area (Å²) >= 11 is 0. The fraction of sp³-hybridized carbons (Fsp3) is 0.455. The topological polar surface area (TPSA) is 99.0 Å². The van der Waals surface area contributed by atoms with Gasteiger partial charge in [-0.15, -0.1) is 0 Å². The summed E-state index contributed by atoms with van der Waals surface area (Å²) in [5, 5.41) is 11.6. The van der Waals surface area contributed by atoms with E-state index in [1.54, 1.807) is 12.1 Å². The molecule has 3 aliphatic rings. The number of methoxy groups -OCH3 is 1. The summed E-state index contributed by atoms with van der Waals surface area (Å²) in [5.74, 6) is -0.910. The molecule has 2 aromatic carbocycles. The maximum atomic E-state index is 13.8. The van der Waals surface area contributed by atoms with Gasteiger partial charge in [0.05, 0.1) is 17.6 Å². The summed E-state index contributed by atoms with van der Waals surface area (Å²) in [6, 6.07) is 6.83. The van der Waals surface area contributed by atoms with Crippen LogP contribution in [0.2, 0.25) is 0 Å². The Morgan fingerprint density at radius 2 is 1.43 bits per heavy atom. The highest BCUT2D eigenvalue weighted by atomic mass is 19.4. The van der Waals surface area contributed by atoms with Gasteiger partial charge in [-0.3, -0.25) is 19.7 Å². The molecule has 0 aromatic heterocycles. The molecule has 0 atom stereocenters. The molecule has 2 aliphatic carbocycles. The predicted octanol–water partition coefficient (Wildman–Crippen LogP) is 8.12. The smallest absolute Gasteiger partial charge is 0.416 e. The first-order chi connectivity index (χ1) is 20.5. The van der Waals surface area contributed by atoms with Crippen molar-refractivity contribution < 1.29 is 37.2 Å². The van der Waals surface area contributed by atoms with Crippen LogP contribution in [0.3, 0.4) is 0 Å². The molecule has 8 nitrogen and oxygen atoms in total. The van der Waals surface area contributed by atoms with Gasteiger partial charge in [0, 0.05) is 53.9 Å². The van der Waals surface area contributed by atoms with Crippen LogP contribution in [-0.4, -0.2) is 35.0 Å². The van der Waals surface area contributed by atoms with E-state index in [1.807, 2.05) is 6.92 Å². The van der Waals surface area contributed by atoms with Crippen molar-refractivity contribution in [1.29, 1.82) is 0 Å². The molecular formula is C33H35F3N2O6. The number of ether oxygens (including phenoxy) is 2. The van der Waals surface area contributed by atoms with E-state index in [2.05, 4.69) is 32.6 Å². The number of nitrogens with zero attached hydrogens (tertiary/aromatic N) is 2. The average molecular weight is 613 g/mol. The normalized spacial score (nSPS) is 20.0. The van der Waals surface area contributed by atoms with Crippen LogP contribution >= 0.6 is 0 Å². The van der Waals surface area contributed by atoms with Crippen LogP contribution in [0.4, 0.5) is 18.9 Å². The van der Waals surface area contributed by atoms with Crippen molar-refractivity contribution in [3.05, 3.63) is 80.2 Å². The standard InChI is InChI=1S/C33H35F3N2O6/c1-7-37-21-14-31(2,3)16-23(39)29(21)28(30-22(37)15-32(4,5)17-24(30)40)18-8-10-26(27(12-18)43-6)44-25-11-9-19(33(34,35)36)13-20(25)38(41)42/h8-13,28H,7,14-17H2,1-6H3. The fourth-order valence-electron chi connectivity index (χ4n) is 6.75. The van der Waals surface area contributed by atoms with Crippen LogP contribution in [-0.2, 0) is 15.8 Å². The number of Topliss-reactive ketones (excluding diaryl/α,β-unsaturated/α-hetero) is 2. The van der Waals surface area contributed by atoms with Gasteiger partial charge in [-0.05, 0) is 60.4 Å². The van der Waals surface area contributed by atoms with Crippen molar-refractivity contribution in [3.63, 3.8) is 0 Å². The summed E-state index contributed by atoms with van der Waals surface area (Å²) < 4.78 is 51.0. The Bertz CT molecular complexity index is 1580. The molecule has 0 saturated carbocycles. The van der Waals surface area contributed by atoms with E-state index in [0.29, 0.717) is 61.1 Å². The van der Waals surface area contributed by atoms with Gasteiger partial charge in [-0.1, -0.05) is 33.8 Å². The number of nitro groups is 1. The molecule has 0 saturated heterocycles. The Labute approximate surface area is 253 Å². The maximum absolute atomic E-state index is 13.8. The average Bonchev–Trinajstić information content (AvgIpc) is 2.90. The van der Waals surface area contributed by atoms with Crippen LogP contribution in [0.1, 0.15) is 77.3 Å². The van der Waals surface area contributed by atoms with Gasteiger partial charge in [0.2, 0.25) is 5.75 Å². The number of carbonyl (C=O) groups is 2. The van der Waals surface area contributed by atoms with Crippen LogP contribution in [0, 0.1) is 20.9 Å². The molecule has 0 unspecified atom stereocenters. The molecule has 0 N–H and O–H groups in total. The summed E-state index contributed by atoms with van der Waals surface area (Å²) in [5.41, 5.74) is 1.09. The molecule has 5 rings (SSSR count). The first-order valence-corrected chi connectivity index (χ1v) is 14.5. The number of halogens is 3. The van der Waals surface area contributed by atoms with Gasteiger partial charge < -0.3 is 14.4 Å². The van der Waals surface area contributed by atoms with E-state index in [1.165, 1.54) is 13.2 Å². The molecule has 0 bridgehead atoms. The second-order valence-corrected chi connectivity index (χ2v) is 13.2. The quantitative estimate of drug-likeness (QED) is 0.240. The van der Waals surface area contributed by atoms with E-state index in [-0.39, 0.29) is 33.9 Å². The number of carbonyl (C=O) groups excluding carboxylic acids is 2. The number of benzene rings is 2. The van der Waals surface area contributed by atoms with E-state index in [4.69, 9.17) is 9.47 Å². The third kappa shape index (κ3) is 5.59. The summed E-state index contributed by atoms with van der Waals surface area (Å²) in [6.07, 6.45) is -2.77. The van der Waals surface area contributed by atoms with Gasteiger partial charge in [0.25, 0.3) is 0 Å². The first kappa shape index (κ1) is 31.3. The largest absolute Gasteiger partial charge is 0.493 e. The maximum Gasteiger partial charge on any atom is 0.416 e. The van der Waals surface area contributed by atoms with E-state index in [0.717, 1.165) is 17.5 Å². The van der Waals surface area contributed by atoms with E-state index < -0.39 is 34.0 Å². The summed E-state index contributed by atoms with van der Waals surface area (Å²) in [6.45, 7) is 10.9. The number of nitro benzene ring substituents is 1. The van der Waals surface area contributed by atoms with Crippen LogP contribution in [0.5, 0.6) is 17.2 Å².